The Bertz CT molecular complexity index is 297. The van der Waals surface area contributed by atoms with Crippen LogP contribution in [0.3, 0.4) is 0 Å². The highest BCUT2D eigenvalue weighted by Gasteiger charge is 2.20. The SMILES string of the molecule is CC(CN1CC[C@@H](N)C1)c1ccccc1. The molecule has 82 valence electrons. The monoisotopic (exact) mass is 204 g/mol. The summed E-state index contributed by atoms with van der Waals surface area (Å²) in [6, 6.07) is 11.1. The lowest BCUT2D eigenvalue weighted by molar-refractivity contribution is 0.317. The highest BCUT2D eigenvalue weighted by atomic mass is 15.2. The van der Waals surface area contributed by atoms with Gasteiger partial charge in [-0.1, -0.05) is 37.3 Å². The Morgan fingerprint density at radius 3 is 2.73 bits per heavy atom. The van der Waals surface area contributed by atoms with Crippen molar-refractivity contribution in [3.63, 3.8) is 0 Å². The number of hydrogen-bond acceptors (Lipinski definition) is 2. The van der Waals surface area contributed by atoms with Gasteiger partial charge in [-0.3, -0.25) is 0 Å². The summed E-state index contributed by atoms with van der Waals surface area (Å²) >= 11 is 0. The second-order valence-corrected chi connectivity index (χ2v) is 4.62. The molecular weight excluding hydrogens is 184 g/mol. The number of benzene rings is 1. The van der Waals surface area contributed by atoms with Crippen LogP contribution in [0.15, 0.2) is 30.3 Å². The molecule has 0 aliphatic carbocycles. The fourth-order valence-electron chi connectivity index (χ4n) is 2.30. The van der Waals surface area contributed by atoms with Crippen LogP contribution in [0.1, 0.15) is 24.8 Å². The molecule has 0 radical (unpaired) electrons. The minimum atomic E-state index is 0.396. The van der Waals surface area contributed by atoms with E-state index in [1.807, 2.05) is 0 Å². The number of rotatable bonds is 3. The second kappa shape index (κ2) is 4.77. The third-order valence-electron chi connectivity index (χ3n) is 3.21. The molecule has 1 aliphatic heterocycles. The Labute approximate surface area is 92.1 Å². The first-order valence-corrected chi connectivity index (χ1v) is 5.78. The maximum absolute atomic E-state index is 5.90. The van der Waals surface area contributed by atoms with Gasteiger partial charge in [-0.05, 0) is 24.4 Å². The number of nitrogens with two attached hydrogens (primary N) is 1. The molecule has 1 aliphatic rings. The molecular formula is C13H20N2. The van der Waals surface area contributed by atoms with Crippen LogP contribution in [-0.4, -0.2) is 30.6 Å². The van der Waals surface area contributed by atoms with E-state index in [-0.39, 0.29) is 0 Å². The molecule has 1 heterocycles. The lowest BCUT2D eigenvalue weighted by Gasteiger charge is -2.20. The zero-order chi connectivity index (χ0) is 10.7. The van der Waals surface area contributed by atoms with Crippen LogP contribution < -0.4 is 5.73 Å². The van der Waals surface area contributed by atoms with Crippen LogP contribution in [0.5, 0.6) is 0 Å². The standard InChI is InChI=1S/C13H20N2/c1-11(12-5-3-2-4-6-12)9-15-8-7-13(14)10-15/h2-6,11,13H,7-10,14H2,1H3/t11?,13-/m1/s1. The maximum atomic E-state index is 5.90. The van der Waals surface area contributed by atoms with E-state index < -0.39 is 0 Å². The van der Waals surface area contributed by atoms with Crippen LogP contribution in [0.2, 0.25) is 0 Å². The smallest absolute Gasteiger partial charge is 0.0180 e. The van der Waals surface area contributed by atoms with Gasteiger partial charge in [-0.15, -0.1) is 0 Å². The zero-order valence-electron chi connectivity index (χ0n) is 9.39. The topological polar surface area (TPSA) is 29.3 Å². The minimum Gasteiger partial charge on any atom is -0.326 e. The van der Waals surface area contributed by atoms with Gasteiger partial charge in [0, 0.05) is 19.1 Å². The van der Waals surface area contributed by atoms with Crippen molar-refractivity contribution in [2.75, 3.05) is 19.6 Å². The Balaban J connectivity index is 1.90. The summed E-state index contributed by atoms with van der Waals surface area (Å²) in [6.07, 6.45) is 1.15. The molecule has 0 amide bonds. The highest BCUT2D eigenvalue weighted by molar-refractivity contribution is 5.19. The summed E-state index contributed by atoms with van der Waals surface area (Å²) in [4.78, 5) is 2.47. The Morgan fingerprint density at radius 1 is 1.40 bits per heavy atom. The summed E-state index contributed by atoms with van der Waals surface area (Å²) in [5.41, 5.74) is 7.33. The predicted molar refractivity (Wildman–Crippen MR) is 63.9 cm³/mol. The summed E-state index contributed by atoms with van der Waals surface area (Å²) in [5.74, 6) is 0.608. The average Bonchev–Trinajstić information content (AvgIpc) is 2.65. The molecule has 0 saturated carbocycles. The highest BCUT2D eigenvalue weighted by Crippen LogP contribution is 2.18. The zero-order valence-corrected chi connectivity index (χ0v) is 9.39. The largest absolute Gasteiger partial charge is 0.326 e. The first kappa shape index (κ1) is 10.7. The fraction of sp³-hybridized carbons (Fsp3) is 0.538. The fourth-order valence-corrected chi connectivity index (χ4v) is 2.30. The molecule has 2 rings (SSSR count). The first-order chi connectivity index (χ1) is 7.25. The van der Waals surface area contributed by atoms with Crippen molar-refractivity contribution in [2.45, 2.75) is 25.3 Å². The quantitative estimate of drug-likeness (QED) is 0.814. The molecule has 2 nitrogen and oxygen atoms in total. The lowest BCUT2D eigenvalue weighted by atomic mass is 10.0. The summed E-state index contributed by atoms with van der Waals surface area (Å²) in [5, 5.41) is 0. The molecule has 2 heteroatoms. The van der Waals surface area contributed by atoms with Crippen LogP contribution >= 0.6 is 0 Å². The Kier molecular flexibility index (Phi) is 3.39. The van der Waals surface area contributed by atoms with E-state index in [4.69, 9.17) is 5.73 Å². The summed E-state index contributed by atoms with van der Waals surface area (Å²) < 4.78 is 0. The second-order valence-electron chi connectivity index (χ2n) is 4.62. The summed E-state index contributed by atoms with van der Waals surface area (Å²) in [6.45, 7) is 5.66. The van der Waals surface area contributed by atoms with Gasteiger partial charge in [0.15, 0.2) is 0 Å². The van der Waals surface area contributed by atoms with Crippen LogP contribution in [-0.2, 0) is 0 Å². The Morgan fingerprint density at radius 2 is 2.13 bits per heavy atom. The van der Waals surface area contributed by atoms with Gasteiger partial charge in [0.25, 0.3) is 0 Å². The van der Waals surface area contributed by atoms with E-state index >= 15 is 0 Å². The van der Waals surface area contributed by atoms with E-state index in [1.165, 1.54) is 12.1 Å². The van der Waals surface area contributed by atoms with Gasteiger partial charge in [-0.25, -0.2) is 0 Å². The molecule has 1 saturated heterocycles. The van der Waals surface area contributed by atoms with Crippen molar-refractivity contribution in [1.82, 2.24) is 4.90 Å². The molecule has 1 aromatic rings. The number of nitrogens with zero attached hydrogens (tertiary/aromatic N) is 1. The molecule has 1 unspecified atom stereocenters. The summed E-state index contributed by atoms with van der Waals surface area (Å²) in [7, 11) is 0. The van der Waals surface area contributed by atoms with E-state index in [1.54, 1.807) is 0 Å². The van der Waals surface area contributed by atoms with Gasteiger partial charge in [0.2, 0.25) is 0 Å². The van der Waals surface area contributed by atoms with Gasteiger partial charge in [0.1, 0.15) is 0 Å². The lowest BCUT2D eigenvalue weighted by Crippen LogP contribution is -2.29. The maximum Gasteiger partial charge on any atom is 0.0180 e. The van der Waals surface area contributed by atoms with Gasteiger partial charge in [0.05, 0.1) is 0 Å². The molecule has 1 fully saturated rings. The van der Waals surface area contributed by atoms with Crippen molar-refractivity contribution >= 4 is 0 Å². The normalized spacial score (nSPS) is 24.3. The molecule has 0 aromatic heterocycles. The van der Waals surface area contributed by atoms with E-state index in [0.717, 1.165) is 19.5 Å². The predicted octanol–water partition coefficient (Wildman–Crippen LogP) is 1.82. The van der Waals surface area contributed by atoms with E-state index in [9.17, 15) is 0 Å². The number of likely N-dealkylation sites (tertiary alicyclic amines) is 1. The van der Waals surface area contributed by atoms with Crippen LogP contribution in [0, 0.1) is 0 Å². The van der Waals surface area contributed by atoms with Gasteiger partial charge < -0.3 is 10.6 Å². The van der Waals surface area contributed by atoms with Crippen LogP contribution in [0.4, 0.5) is 0 Å². The third-order valence-corrected chi connectivity index (χ3v) is 3.21. The van der Waals surface area contributed by atoms with Crippen molar-refractivity contribution in [2.24, 2.45) is 5.73 Å². The number of hydrogen-bond donors (Lipinski definition) is 1. The molecule has 2 N–H and O–H groups in total. The van der Waals surface area contributed by atoms with E-state index in [2.05, 4.69) is 42.2 Å². The van der Waals surface area contributed by atoms with Crippen molar-refractivity contribution in [1.29, 1.82) is 0 Å². The van der Waals surface area contributed by atoms with Crippen LogP contribution in [0.25, 0.3) is 0 Å². The van der Waals surface area contributed by atoms with Gasteiger partial charge >= 0.3 is 0 Å². The molecule has 0 spiro atoms. The van der Waals surface area contributed by atoms with Crippen molar-refractivity contribution in [3.8, 4) is 0 Å². The average molecular weight is 204 g/mol. The minimum absolute atomic E-state index is 0.396. The van der Waals surface area contributed by atoms with Gasteiger partial charge in [-0.2, -0.15) is 0 Å². The first-order valence-electron chi connectivity index (χ1n) is 5.78. The molecule has 1 aromatic carbocycles. The molecule has 15 heavy (non-hydrogen) atoms. The van der Waals surface area contributed by atoms with E-state index in [0.29, 0.717) is 12.0 Å². The third kappa shape index (κ3) is 2.80. The molecule has 2 atom stereocenters. The molecule has 0 bridgehead atoms. The van der Waals surface area contributed by atoms with Crippen molar-refractivity contribution < 1.29 is 0 Å². The van der Waals surface area contributed by atoms with Crippen molar-refractivity contribution in [3.05, 3.63) is 35.9 Å². The Hall–Kier alpha value is -0.860.